The number of hydrogen-bond acceptors (Lipinski definition) is 12. The van der Waals surface area contributed by atoms with Crippen LogP contribution < -0.4 is 16.2 Å². The van der Waals surface area contributed by atoms with Gasteiger partial charge in [-0.1, -0.05) is 39.0 Å². The third-order valence-electron chi connectivity index (χ3n) is 11.8. The average Bonchev–Trinajstić information content (AvgIpc) is 3.96. The molecule has 3 aromatic heterocycles. The number of benzene rings is 2. The van der Waals surface area contributed by atoms with Crippen molar-refractivity contribution in [3.8, 4) is 5.75 Å². The summed E-state index contributed by atoms with van der Waals surface area (Å²) in [4.78, 5) is 43.8. The number of aromatic nitrogens is 1. The fourth-order valence-electron chi connectivity index (χ4n) is 7.19. The van der Waals surface area contributed by atoms with Crippen LogP contribution in [0.15, 0.2) is 76.2 Å². The Labute approximate surface area is 363 Å². The number of likely N-dealkylation sites (N-methyl/N-ethyl adjacent to an activating group) is 1. The van der Waals surface area contributed by atoms with E-state index in [-0.39, 0.29) is 65.0 Å². The molecule has 61 heavy (non-hydrogen) atoms. The molecule has 2 aromatic carbocycles. The molecule has 1 amide bonds. The van der Waals surface area contributed by atoms with Crippen LogP contribution in [0.3, 0.4) is 0 Å². The number of rotatable bonds is 16. The first-order valence-corrected chi connectivity index (χ1v) is 24.9. The van der Waals surface area contributed by atoms with E-state index in [2.05, 4.69) is 49.5 Å². The third kappa shape index (κ3) is 10.8. The normalized spacial score (nSPS) is 16.8. The zero-order valence-electron chi connectivity index (χ0n) is 35.2. The molecule has 0 radical (unpaired) electrons. The van der Waals surface area contributed by atoms with Crippen molar-refractivity contribution in [3.63, 3.8) is 0 Å². The van der Waals surface area contributed by atoms with Gasteiger partial charge in [-0.25, -0.2) is 18.4 Å². The molecule has 0 unspecified atom stereocenters. The first kappa shape index (κ1) is 46.0. The fraction of sp³-hybridized carbons (Fsp3) is 0.432. The molecule has 3 heterocycles. The maximum Gasteiger partial charge on any atom is 0.411 e. The third-order valence-corrected chi connectivity index (χ3v) is 18.2. The van der Waals surface area contributed by atoms with E-state index >= 15 is 8.78 Å². The molecule has 1 aliphatic rings. The van der Waals surface area contributed by atoms with E-state index in [4.69, 9.17) is 13.9 Å². The molecule has 17 heteroatoms. The number of H-pyrrole nitrogens is 1. The number of nitrogens with one attached hydrogen (secondary N) is 3. The minimum Gasteiger partial charge on any atom is -0.506 e. The molecule has 1 atom stereocenters. The number of anilines is 1. The van der Waals surface area contributed by atoms with Crippen molar-refractivity contribution in [3.05, 3.63) is 114 Å². The van der Waals surface area contributed by atoms with Crippen molar-refractivity contribution in [2.24, 2.45) is 0 Å². The lowest BCUT2D eigenvalue weighted by molar-refractivity contribution is -0.169. The Morgan fingerprint density at radius 1 is 0.984 bits per heavy atom. The van der Waals surface area contributed by atoms with Crippen LogP contribution in [-0.2, 0) is 30.8 Å². The largest absolute Gasteiger partial charge is 0.506 e. The quantitative estimate of drug-likeness (QED) is 0.0478. The number of halogens is 2. The highest BCUT2D eigenvalue weighted by molar-refractivity contribution is 7.12. The van der Waals surface area contributed by atoms with Gasteiger partial charge in [0.1, 0.15) is 30.1 Å². The van der Waals surface area contributed by atoms with Crippen LogP contribution in [0.5, 0.6) is 5.75 Å². The van der Waals surface area contributed by atoms with Crippen molar-refractivity contribution >= 4 is 59.6 Å². The average molecular weight is 897 g/mol. The Morgan fingerprint density at radius 2 is 1.66 bits per heavy atom. The van der Waals surface area contributed by atoms with Gasteiger partial charge in [-0.05, 0) is 97.5 Å². The number of pyridine rings is 1. The minimum atomic E-state index is -2.37. The van der Waals surface area contributed by atoms with Crippen molar-refractivity contribution in [2.45, 2.75) is 95.0 Å². The van der Waals surface area contributed by atoms with Gasteiger partial charge in [-0.2, -0.15) is 0 Å². The molecule has 5 aromatic rings. The number of ether oxygens (including phenoxy) is 2. The number of aromatic amines is 1. The van der Waals surface area contributed by atoms with Crippen LogP contribution in [0.1, 0.15) is 73.4 Å². The van der Waals surface area contributed by atoms with E-state index in [0.717, 1.165) is 30.5 Å². The van der Waals surface area contributed by atoms with E-state index in [1.54, 1.807) is 36.4 Å². The van der Waals surface area contributed by atoms with Gasteiger partial charge in [-0.15, -0.1) is 22.7 Å². The molecule has 1 aliphatic carbocycles. The van der Waals surface area contributed by atoms with Gasteiger partial charge >= 0.3 is 12.1 Å². The Hall–Kier alpha value is -4.49. The van der Waals surface area contributed by atoms with Gasteiger partial charge in [0.15, 0.2) is 8.32 Å². The standard InChI is InChI=1S/C44H54F2N4O8S2Si/c1-43(2,3)61(5,6)58-36(30-15-17-35(51)40-31(30)16-18-39(52)49-40)26-47-25-27-23-33(46)34(24-32(27)45)48-42(54)56-20-19-50(4)28-11-13-29(14-12-28)57-41(53)44(55,37-9-7-21-59-37)38-10-8-22-60-38/h7-10,15-18,21-24,28-29,36,47,51,55H,11-14,19-20,25-26H2,1-6H3,(H,48,54)(H,49,52)/t28?,29?,36-/m0/s1. The van der Waals surface area contributed by atoms with Gasteiger partial charge < -0.3 is 39.3 Å². The smallest absolute Gasteiger partial charge is 0.411 e. The predicted octanol–water partition coefficient (Wildman–Crippen LogP) is 8.76. The second-order valence-electron chi connectivity index (χ2n) is 16.9. The summed E-state index contributed by atoms with van der Waals surface area (Å²) in [6.07, 6.45) is 0.831. The number of nitrogens with zero attached hydrogens (tertiary/aromatic N) is 1. The molecule has 0 bridgehead atoms. The molecule has 328 valence electrons. The fourth-order valence-corrected chi connectivity index (χ4v) is 10.2. The van der Waals surface area contributed by atoms with Crippen molar-refractivity contribution in [1.29, 1.82) is 0 Å². The van der Waals surface area contributed by atoms with E-state index in [1.807, 2.05) is 22.7 Å². The molecule has 0 saturated heterocycles. The number of phenolic OH excluding ortho intramolecular Hbond substituents is 1. The monoisotopic (exact) mass is 896 g/mol. The zero-order chi connectivity index (χ0) is 44.1. The number of aromatic hydroxyl groups is 1. The maximum absolute atomic E-state index is 15.4. The summed E-state index contributed by atoms with van der Waals surface area (Å²) in [5.74, 6) is -2.33. The molecule has 0 spiro atoms. The predicted molar refractivity (Wildman–Crippen MR) is 237 cm³/mol. The Morgan fingerprint density at radius 3 is 2.28 bits per heavy atom. The molecule has 6 rings (SSSR count). The van der Waals surface area contributed by atoms with Gasteiger partial charge in [-0.3, -0.25) is 10.1 Å². The number of esters is 1. The number of aliphatic hydroxyl groups is 1. The topological polar surface area (TPSA) is 162 Å². The number of thiophene rings is 2. The molecular formula is C44H54F2N4O8S2Si. The van der Waals surface area contributed by atoms with E-state index in [1.165, 1.54) is 34.8 Å². The Balaban J connectivity index is 0.981. The van der Waals surface area contributed by atoms with Crippen LogP contribution in [0.4, 0.5) is 19.3 Å². The number of fused-ring (bicyclic) bond motifs is 1. The number of amides is 1. The molecular weight excluding hydrogens is 843 g/mol. The van der Waals surface area contributed by atoms with Crippen LogP contribution in [0.25, 0.3) is 10.9 Å². The number of carbonyl (C=O) groups is 2. The number of hydrogen-bond donors (Lipinski definition) is 5. The number of carbonyl (C=O) groups excluding carboxylic acids is 2. The lowest BCUT2D eigenvalue weighted by Gasteiger charge is -2.39. The Bertz CT molecular complexity index is 2310. The summed E-state index contributed by atoms with van der Waals surface area (Å²) in [5, 5.41) is 31.6. The first-order valence-electron chi connectivity index (χ1n) is 20.2. The highest BCUT2D eigenvalue weighted by atomic mass is 32.1. The lowest BCUT2D eigenvalue weighted by atomic mass is 9.91. The maximum atomic E-state index is 15.4. The number of phenols is 1. The van der Waals surface area contributed by atoms with Crippen molar-refractivity contribution < 1.29 is 42.5 Å². The second kappa shape index (κ2) is 19.3. The molecule has 5 N–H and O–H groups in total. The molecule has 0 aliphatic heterocycles. The first-order chi connectivity index (χ1) is 28.9. The van der Waals surface area contributed by atoms with Crippen LogP contribution in [-0.4, -0.2) is 79.4 Å². The SMILES string of the molecule is CN(CCOC(=O)Nc1cc(F)c(CNC[C@H](O[Si](C)(C)C(C)(C)C)c2ccc(O)c3[nH]c(=O)ccc23)cc1F)C1CCC(OC(=O)C(O)(c2cccs2)c2cccs2)CC1. The summed E-state index contributed by atoms with van der Waals surface area (Å²) >= 11 is 2.59. The summed E-state index contributed by atoms with van der Waals surface area (Å²) in [5.41, 5.74) is -1.54. The van der Waals surface area contributed by atoms with Crippen LogP contribution in [0.2, 0.25) is 18.1 Å². The van der Waals surface area contributed by atoms with Crippen molar-refractivity contribution in [1.82, 2.24) is 15.2 Å². The van der Waals surface area contributed by atoms with Gasteiger partial charge in [0.25, 0.3) is 0 Å². The van der Waals surface area contributed by atoms with Crippen molar-refractivity contribution in [2.75, 3.05) is 32.1 Å². The van der Waals surface area contributed by atoms with Crippen LogP contribution in [0, 0.1) is 11.6 Å². The summed E-state index contributed by atoms with van der Waals surface area (Å²) < 4.78 is 48.6. The highest BCUT2D eigenvalue weighted by Gasteiger charge is 2.45. The highest BCUT2D eigenvalue weighted by Crippen LogP contribution is 2.42. The molecule has 12 nitrogen and oxygen atoms in total. The van der Waals surface area contributed by atoms with E-state index in [9.17, 15) is 24.6 Å². The van der Waals surface area contributed by atoms with Gasteiger partial charge in [0.05, 0.1) is 27.1 Å². The molecule has 1 saturated carbocycles. The lowest BCUT2D eigenvalue weighted by Crippen LogP contribution is -2.43. The minimum absolute atomic E-state index is 0.00251. The summed E-state index contributed by atoms with van der Waals surface area (Å²) in [6.45, 7) is 11.1. The summed E-state index contributed by atoms with van der Waals surface area (Å²) in [7, 11) is -0.467. The zero-order valence-corrected chi connectivity index (χ0v) is 37.8. The van der Waals surface area contributed by atoms with Gasteiger partial charge in [0, 0.05) is 48.8 Å². The van der Waals surface area contributed by atoms with E-state index < -0.39 is 43.7 Å². The Kier molecular flexibility index (Phi) is 14.5. The second-order valence-corrected chi connectivity index (χ2v) is 23.6. The van der Waals surface area contributed by atoms with E-state index in [0.29, 0.717) is 34.5 Å². The summed E-state index contributed by atoms with van der Waals surface area (Å²) in [6, 6.07) is 15.3. The van der Waals surface area contributed by atoms with Gasteiger partial charge in [0.2, 0.25) is 11.2 Å². The van der Waals surface area contributed by atoms with Crippen LogP contribution >= 0.6 is 22.7 Å². The molecule has 1 fully saturated rings.